The van der Waals surface area contributed by atoms with Crippen LogP contribution in [0.25, 0.3) is 0 Å². The topological polar surface area (TPSA) is 38.8 Å². The van der Waals surface area contributed by atoms with Crippen molar-refractivity contribution in [1.29, 1.82) is 0 Å². The molecule has 0 unspecified atom stereocenters. The number of esters is 1. The molecule has 0 N–H and O–H groups in total. The maximum atomic E-state index is 12.3. The van der Waals surface area contributed by atoms with Gasteiger partial charge in [-0.1, -0.05) is 12.1 Å². The van der Waals surface area contributed by atoms with Gasteiger partial charge in [0, 0.05) is 18.0 Å². The van der Waals surface area contributed by atoms with E-state index in [9.17, 15) is 4.79 Å². The highest BCUT2D eigenvalue weighted by molar-refractivity contribution is 5.74. The van der Waals surface area contributed by atoms with Crippen molar-refractivity contribution in [3.05, 3.63) is 29.8 Å². The lowest BCUT2D eigenvalue weighted by Crippen LogP contribution is -2.47. The summed E-state index contributed by atoms with van der Waals surface area (Å²) in [5, 5.41) is 0. The normalized spacial score (nSPS) is 32.0. The van der Waals surface area contributed by atoms with Gasteiger partial charge in [-0.2, -0.15) is 0 Å². The SMILES string of the molecule is COC(=O)[C@H]1C[C@H]2CC[C@H]([C@H]1c1cccc(OC)c1)N2C. The molecule has 2 saturated heterocycles. The average molecular weight is 289 g/mol. The number of benzene rings is 1. The van der Waals surface area contributed by atoms with Crippen LogP contribution >= 0.6 is 0 Å². The van der Waals surface area contributed by atoms with Crippen molar-refractivity contribution >= 4 is 5.97 Å². The largest absolute Gasteiger partial charge is 0.497 e. The number of fused-ring (bicyclic) bond motifs is 2. The predicted octanol–water partition coefficient (Wildman–Crippen LogP) is 2.43. The fourth-order valence-electron chi connectivity index (χ4n) is 4.16. The first-order valence-electron chi connectivity index (χ1n) is 7.59. The minimum absolute atomic E-state index is 0.0455. The Bertz CT molecular complexity index is 531. The molecule has 0 spiro atoms. The molecule has 0 saturated carbocycles. The van der Waals surface area contributed by atoms with Gasteiger partial charge >= 0.3 is 5.97 Å². The van der Waals surface area contributed by atoms with Gasteiger partial charge in [-0.25, -0.2) is 0 Å². The van der Waals surface area contributed by atoms with E-state index >= 15 is 0 Å². The Morgan fingerprint density at radius 2 is 2.10 bits per heavy atom. The van der Waals surface area contributed by atoms with Gasteiger partial charge in [0.15, 0.2) is 0 Å². The van der Waals surface area contributed by atoms with E-state index in [-0.39, 0.29) is 17.8 Å². The number of carbonyl (C=O) groups excluding carboxylic acids is 1. The second kappa shape index (κ2) is 5.68. The number of hydrogen-bond donors (Lipinski definition) is 0. The molecule has 4 nitrogen and oxygen atoms in total. The van der Waals surface area contributed by atoms with Crippen molar-refractivity contribution in [2.45, 2.75) is 37.3 Å². The van der Waals surface area contributed by atoms with E-state index in [0.717, 1.165) is 18.6 Å². The molecule has 21 heavy (non-hydrogen) atoms. The van der Waals surface area contributed by atoms with Crippen LogP contribution in [0.2, 0.25) is 0 Å². The van der Waals surface area contributed by atoms with E-state index in [1.54, 1.807) is 7.11 Å². The highest BCUT2D eigenvalue weighted by Gasteiger charge is 2.49. The van der Waals surface area contributed by atoms with Crippen molar-refractivity contribution < 1.29 is 14.3 Å². The molecule has 0 amide bonds. The second-order valence-electron chi connectivity index (χ2n) is 6.13. The van der Waals surface area contributed by atoms with E-state index in [2.05, 4.69) is 24.1 Å². The van der Waals surface area contributed by atoms with Crippen LogP contribution in [0.1, 0.15) is 30.7 Å². The summed E-state index contributed by atoms with van der Waals surface area (Å²) in [5.41, 5.74) is 1.18. The highest BCUT2D eigenvalue weighted by Crippen LogP contribution is 2.47. The average Bonchev–Trinajstić information content (AvgIpc) is 2.76. The molecular weight excluding hydrogens is 266 g/mol. The standard InChI is InChI=1S/C17H23NO3/c1-18-12-7-8-15(18)16(14(10-12)17(19)21-3)11-5-4-6-13(9-11)20-2/h4-6,9,12,14-16H,7-8,10H2,1-3H3/t12-,14+,15-,16+/m1/s1. The number of carbonyl (C=O) groups is 1. The van der Waals surface area contributed by atoms with Crippen LogP contribution in [-0.4, -0.2) is 44.2 Å². The first kappa shape index (κ1) is 14.4. The van der Waals surface area contributed by atoms with Gasteiger partial charge in [-0.15, -0.1) is 0 Å². The van der Waals surface area contributed by atoms with E-state index < -0.39 is 0 Å². The van der Waals surface area contributed by atoms with Crippen molar-refractivity contribution in [3.63, 3.8) is 0 Å². The Labute approximate surface area is 126 Å². The van der Waals surface area contributed by atoms with Gasteiger partial charge in [0.25, 0.3) is 0 Å². The quantitative estimate of drug-likeness (QED) is 0.801. The molecule has 4 heteroatoms. The van der Waals surface area contributed by atoms with Gasteiger partial charge in [0.05, 0.1) is 20.1 Å². The first-order valence-corrected chi connectivity index (χ1v) is 7.59. The molecule has 0 radical (unpaired) electrons. The molecule has 4 atom stereocenters. The Hall–Kier alpha value is -1.55. The van der Waals surface area contributed by atoms with Gasteiger partial charge in [0.1, 0.15) is 5.75 Å². The lowest BCUT2D eigenvalue weighted by Gasteiger charge is -2.42. The fraction of sp³-hybridized carbons (Fsp3) is 0.588. The number of nitrogens with zero attached hydrogens (tertiary/aromatic N) is 1. The van der Waals surface area contributed by atoms with Crippen LogP contribution in [0.5, 0.6) is 5.75 Å². The van der Waals surface area contributed by atoms with Crippen molar-refractivity contribution in [1.82, 2.24) is 4.90 Å². The third-order valence-electron chi connectivity index (χ3n) is 5.25. The molecule has 1 aromatic carbocycles. The van der Waals surface area contributed by atoms with Crippen LogP contribution in [0.3, 0.4) is 0 Å². The van der Waals surface area contributed by atoms with Gasteiger partial charge < -0.3 is 9.47 Å². The number of hydrogen-bond acceptors (Lipinski definition) is 4. The van der Waals surface area contributed by atoms with Gasteiger partial charge in [-0.3, -0.25) is 9.69 Å². The van der Waals surface area contributed by atoms with Crippen molar-refractivity contribution in [2.75, 3.05) is 21.3 Å². The smallest absolute Gasteiger partial charge is 0.309 e. The third kappa shape index (κ3) is 2.42. The maximum absolute atomic E-state index is 12.3. The van der Waals surface area contributed by atoms with Crippen LogP contribution in [0.15, 0.2) is 24.3 Å². The second-order valence-corrected chi connectivity index (χ2v) is 6.13. The number of ether oxygens (including phenoxy) is 2. The van der Waals surface area contributed by atoms with Crippen molar-refractivity contribution in [3.8, 4) is 5.75 Å². The number of methoxy groups -OCH3 is 2. The summed E-state index contributed by atoms with van der Waals surface area (Å²) in [5.74, 6) is 0.916. The van der Waals surface area contributed by atoms with Crippen LogP contribution in [0.4, 0.5) is 0 Å². The highest BCUT2D eigenvalue weighted by atomic mass is 16.5. The molecule has 2 heterocycles. The fourth-order valence-corrected chi connectivity index (χ4v) is 4.16. The summed E-state index contributed by atoms with van der Waals surface area (Å²) in [6.07, 6.45) is 3.22. The first-order chi connectivity index (χ1) is 10.2. The molecule has 114 valence electrons. The van der Waals surface area contributed by atoms with Crippen LogP contribution in [-0.2, 0) is 9.53 Å². The van der Waals surface area contributed by atoms with Crippen LogP contribution in [0, 0.1) is 5.92 Å². The lowest BCUT2D eigenvalue weighted by atomic mass is 9.76. The Balaban J connectivity index is 1.99. The van der Waals surface area contributed by atoms with E-state index in [0.29, 0.717) is 12.1 Å². The Kier molecular flexibility index (Phi) is 3.89. The summed E-state index contributed by atoms with van der Waals surface area (Å²) >= 11 is 0. The zero-order valence-corrected chi connectivity index (χ0v) is 12.9. The minimum atomic E-state index is -0.0761. The summed E-state index contributed by atoms with van der Waals surface area (Å²) < 4.78 is 10.4. The van der Waals surface area contributed by atoms with Gasteiger partial charge in [0.2, 0.25) is 0 Å². The van der Waals surface area contributed by atoms with E-state index in [1.807, 2.05) is 12.1 Å². The zero-order valence-electron chi connectivity index (χ0n) is 12.9. The third-order valence-corrected chi connectivity index (χ3v) is 5.25. The zero-order chi connectivity index (χ0) is 15.0. The molecule has 0 aromatic heterocycles. The monoisotopic (exact) mass is 289 g/mol. The van der Waals surface area contributed by atoms with E-state index in [4.69, 9.17) is 9.47 Å². The number of piperidine rings is 1. The molecular formula is C17H23NO3. The summed E-state index contributed by atoms with van der Waals surface area (Å²) in [7, 11) is 5.35. The summed E-state index contributed by atoms with van der Waals surface area (Å²) in [4.78, 5) is 14.7. The van der Waals surface area contributed by atoms with Gasteiger partial charge in [-0.05, 0) is 44.0 Å². The molecule has 2 bridgehead atoms. The summed E-state index contributed by atoms with van der Waals surface area (Å²) in [6.45, 7) is 0. The lowest BCUT2D eigenvalue weighted by molar-refractivity contribution is -0.149. The van der Waals surface area contributed by atoms with E-state index in [1.165, 1.54) is 19.1 Å². The number of rotatable bonds is 3. The van der Waals surface area contributed by atoms with Crippen LogP contribution < -0.4 is 4.74 Å². The van der Waals surface area contributed by atoms with Crippen molar-refractivity contribution in [2.24, 2.45) is 5.92 Å². The predicted molar refractivity (Wildman–Crippen MR) is 80.4 cm³/mol. The molecule has 1 aromatic rings. The molecule has 2 fully saturated rings. The Morgan fingerprint density at radius 1 is 1.29 bits per heavy atom. The minimum Gasteiger partial charge on any atom is -0.497 e. The molecule has 2 aliphatic heterocycles. The Morgan fingerprint density at radius 3 is 2.81 bits per heavy atom. The molecule has 2 aliphatic rings. The molecule has 0 aliphatic carbocycles. The summed E-state index contributed by atoms with van der Waals surface area (Å²) in [6, 6.07) is 9.05. The number of likely N-dealkylation sites (N-methyl/N-ethyl adjacent to an activating group) is 1. The maximum Gasteiger partial charge on any atom is 0.309 e. The molecule has 3 rings (SSSR count).